The molecule has 14 heteroatoms. The highest BCUT2D eigenvalue weighted by atomic mass is 32.2. The molecule has 1 unspecified atom stereocenters. The molecule has 0 fully saturated rings. The van der Waals surface area contributed by atoms with Gasteiger partial charge in [0, 0.05) is 23.5 Å². The van der Waals surface area contributed by atoms with Crippen LogP contribution < -0.4 is 16.0 Å². The second-order valence-electron chi connectivity index (χ2n) is 9.68. The molecule has 42 heavy (non-hydrogen) atoms. The van der Waals surface area contributed by atoms with Gasteiger partial charge in [0.05, 0.1) is 23.2 Å². The number of nitrogens with one attached hydrogen (secondary N) is 1. The van der Waals surface area contributed by atoms with Crippen molar-refractivity contribution >= 4 is 38.1 Å². The van der Waals surface area contributed by atoms with Gasteiger partial charge in [-0.1, -0.05) is 30.3 Å². The number of benzene rings is 1. The van der Waals surface area contributed by atoms with Crippen LogP contribution in [0.5, 0.6) is 5.88 Å². The molecule has 0 aliphatic carbocycles. The van der Waals surface area contributed by atoms with Gasteiger partial charge in [0.1, 0.15) is 29.3 Å². The first-order chi connectivity index (χ1) is 20.0. The van der Waals surface area contributed by atoms with Crippen LogP contribution in [-0.4, -0.2) is 48.9 Å². The Bertz CT molecular complexity index is 2180. The number of nitrogen functional groups attached to an aromatic ring is 1. The Morgan fingerprint density at radius 2 is 1.81 bits per heavy atom. The zero-order chi connectivity index (χ0) is 29.8. The number of hydrogen-bond acceptors (Lipinski definition) is 9. The predicted octanol–water partition coefficient (Wildman–Crippen LogP) is 3.58. The van der Waals surface area contributed by atoms with Gasteiger partial charge in [-0.05, 0) is 42.3 Å². The van der Waals surface area contributed by atoms with Crippen LogP contribution in [0.4, 0.5) is 15.9 Å². The zero-order valence-corrected chi connectivity index (χ0v) is 23.0. The molecule has 212 valence electrons. The van der Waals surface area contributed by atoms with Crippen LogP contribution >= 0.6 is 0 Å². The Kier molecular flexibility index (Phi) is 6.34. The summed E-state index contributed by atoms with van der Waals surface area (Å²) in [6.45, 7) is 1.83. The van der Waals surface area contributed by atoms with Gasteiger partial charge in [0.25, 0.3) is 5.56 Å². The number of halogens is 1. The Balaban J connectivity index is 1.61. The second-order valence-corrected chi connectivity index (χ2v) is 11.4. The lowest BCUT2D eigenvalue weighted by molar-refractivity contribution is 0.456. The number of fused-ring (bicyclic) bond motifs is 2. The smallest absolute Gasteiger partial charge is 0.263 e. The summed E-state index contributed by atoms with van der Waals surface area (Å²) >= 11 is 0. The first-order valence-corrected chi connectivity index (χ1v) is 14.5. The number of nitrogens with two attached hydrogens (primary N) is 1. The Morgan fingerprint density at radius 3 is 2.55 bits per heavy atom. The van der Waals surface area contributed by atoms with Gasteiger partial charge in [0.2, 0.25) is 15.9 Å². The van der Waals surface area contributed by atoms with Crippen molar-refractivity contribution in [2.24, 2.45) is 0 Å². The SMILES string of the molecule is CC(c1cc2ccc(F)cn2c(=O)c1-c1ccccc1)n1nc(-c2cnc(O)c(NS(C)(=O)=O)c2)c2c(N)ncnc21. The highest BCUT2D eigenvalue weighted by Gasteiger charge is 2.25. The van der Waals surface area contributed by atoms with Crippen molar-refractivity contribution < 1.29 is 17.9 Å². The normalized spacial score (nSPS) is 12.5. The van der Waals surface area contributed by atoms with Crippen LogP contribution in [0.25, 0.3) is 38.9 Å². The molecule has 6 rings (SSSR count). The van der Waals surface area contributed by atoms with Crippen molar-refractivity contribution in [1.29, 1.82) is 0 Å². The third-order valence-corrected chi connectivity index (χ3v) is 7.39. The fraction of sp³-hybridized carbons (Fsp3) is 0.107. The van der Waals surface area contributed by atoms with E-state index in [1.165, 1.54) is 35.1 Å². The van der Waals surface area contributed by atoms with Crippen LogP contribution in [0.3, 0.4) is 0 Å². The minimum atomic E-state index is -3.73. The molecule has 0 aliphatic rings. The maximum Gasteiger partial charge on any atom is 0.263 e. The molecule has 12 nitrogen and oxygen atoms in total. The van der Waals surface area contributed by atoms with Crippen LogP contribution in [-0.2, 0) is 10.0 Å². The molecule has 1 aromatic carbocycles. The first kappa shape index (κ1) is 26.8. The van der Waals surface area contributed by atoms with Crippen LogP contribution in [0.2, 0.25) is 0 Å². The number of nitrogens with zero attached hydrogens (tertiary/aromatic N) is 6. The maximum absolute atomic E-state index is 14.1. The van der Waals surface area contributed by atoms with Gasteiger partial charge >= 0.3 is 0 Å². The third-order valence-electron chi connectivity index (χ3n) is 6.80. The lowest BCUT2D eigenvalue weighted by Gasteiger charge is -2.19. The summed E-state index contributed by atoms with van der Waals surface area (Å²) in [5.74, 6) is -0.964. The molecular weight excluding hydrogens is 563 g/mol. The highest BCUT2D eigenvalue weighted by Crippen LogP contribution is 2.37. The average molecular weight is 587 g/mol. The molecule has 5 heterocycles. The number of aromatic hydroxyl groups is 1. The van der Waals surface area contributed by atoms with Gasteiger partial charge in [-0.2, -0.15) is 5.10 Å². The standard InChI is InChI=1S/C28H23FN8O4S/c1-15(20-11-19-9-8-18(29)13-36(19)28(39)22(20)16-6-4-3-5-7-16)37-26-23(25(30)32-14-33-26)24(34-37)17-10-21(27(38)31-12-17)35-42(2,40)41/h3-15,35H,1-2H3,(H,31,38)(H2,30,32,33). The maximum atomic E-state index is 14.1. The van der Waals surface area contributed by atoms with E-state index in [9.17, 15) is 22.7 Å². The van der Waals surface area contributed by atoms with Crippen molar-refractivity contribution in [2.45, 2.75) is 13.0 Å². The minimum Gasteiger partial charge on any atom is -0.492 e. The molecule has 1 atom stereocenters. The first-order valence-electron chi connectivity index (χ1n) is 12.6. The summed E-state index contributed by atoms with van der Waals surface area (Å²) in [5, 5.41) is 15.3. The number of hydrogen-bond donors (Lipinski definition) is 3. The lowest BCUT2D eigenvalue weighted by Crippen LogP contribution is -2.21. The predicted molar refractivity (Wildman–Crippen MR) is 156 cm³/mol. The fourth-order valence-electron chi connectivity index (χ4n) is 4.94. The van der Waals surface area contributed by atoms with E-state index in [-0.39, 0.29) is 17.2 Å². The largest absolute Gasteiger partial charge is 0.492 e. The van der Waals surface area contributed by atoms with Gasteiger partial charge in [-0.25, -0.2) is 32.4 Å². The van der Waals surface area contributed by atoms with E-state index >= 15 is 0 Å². The van der Waals surface area contributed by atoms with E-state index < -0.39 is 33.3 Å². The molecule has 6 aromatic rings. The quantitative estimate of drug-likeness (QED) is 0.264. The van der Waals surface area contributed by atoms with Gasteiger partial charge in [-0.15, -0.1) is 0 Å². The molecule has 0 bridgehead atoms. The van der Waals surface area contributed by atoms with Crippen molar-refractivity contribution in [2.75, 3.05) is 16.7 Å². The summed E-state index contributed by atoms with van der Waals surface area (Å²) in [5.41, 5.74) is 8.71. The van der Waals surface area contributed by atoms with Gasteiger partial charge < -0.3 is 10.8 Å². The summed E-state index contributed by atoms with van der Waals surface area (Å²) in [4.78, 5) is 26.3. The molecule has 0 radical (unpaired) electrons. The molecule has 0 saturated carbocycles. The van der Waals surface area contributed by atoms with Crippen LogP contribution in [0.1, 0.15) is 18.5 Å². The van der Waals surface area contributed by atoms with Crippen LogP contribution in [0, 0.1) is 5.82 Å². The average Bonchev–Trinajstić information content (AvgIpc) is 3.35. The number of anilines is 2. The molecular formula is C28H23FN8O4S. The van der Waals surface area contributed by atoms with E-state index in [0.717, 1.165) is 12.5 Å². The molecule has 0 aliphatic heterocycles. The molecule has 4 N–H and O–H groups in total. The Labute approximate surface area is 238 Å². The number of pyridine rings is 3. The van der Waals surface area contributed by atoms with Crippen molar-refractivity contribution in [3.05, 3.63) is 95.1 Å². The monoisotopic (exact) mass is 586 g/mol. The van der Waals surface area contributed by atoms with Crippen molar-refractivity contribution in [1.82, 2.24) is 29.1 Å². The summed E-state index contributed by atoms with van der Waals surface area (Å²) in [6.07, 6.45) is 4.70. The van der Waals surface area contributed by atoms with Gasteiger partial charge in [0.15, 0.2) is 5.65 Å². The lowest BCUT2D eigenvalue weighted by atomic mass is 9.96. The number of sulfonamides is 1. The van der Waals surface area contributed by atoms with Gasteiger partial charge in [-0.3, -0.25) is 13.9 Å². The highest BCUT2D eigenvalue weighted by molar-refractivity contribution is 7.92. The van der Waals surface area contributed by atoms with E-state index in [2.05, 4.69) is 19.7 Å². The Hall–Kier alpha value is -5.37. The number of rotatable bonds is 6. The third kappa shape index (κ3) is 4.66. The van der Waals surface area contributed by atoms with Crippen LogP contribution in [0.15, 0.2) is 78.1 Å². The van der Waals surface area contributed by atoms with E-state index in [1.54, 1.807) is 35.0 Å². The summed E-state index contributed by atoms with van der Waals surface area (Å²) < 4.78 is 42.9. The summed E-state index contributed by atoms with van der Waals surface area (Å²) in [7, 11) is -3.73. The fourth-order valence-corrected chi connectivity index (χ4v) is 5.49. The molecule has 0 spiro atoms. The number of aromatic nitrogens is 6. The van der Waals surface area contributed by atoms with E-state index in [0.29, 0.717) is 38.8 Å². The topological polar surface area (TPSA) is 170 Å². The minimum absolute atomic E-state index is 0.108. The van der Waals surface area contributed by atoms with E-state index in [1.807, 2.05) is 13.0 Å². The molecule has 0 saturated heterocycles. The van der Waals surface area contributed by atoms with Crippen molar-refractivity contribution in [3.8, 4) is 28.3 Å². The van der Waals surface area contributed by atoms with Crippen molar-refractivity contribution in [3.63, 3.8) is 0 Å². The summed E-state index contributed by atoms with van der Waals surface area (Å²) in [6, 6.07) is 14.4. The molecule has 5 aromatic heterocycles. The van der Waals surface area contributed by atoms with E-state index in [4.69, 9.17) is 10.8 Å². The molecule has 0 amide bonds. The zero-order valence-electron chi connectivity index (χ0n) is 22.2. The second kappa shape index (κ2) is 9.92. The Morgan fingerprint density at radius 1 is 1.05 bits per heavy atom.